The third-order valence-electron chi connectivity index (χ3n) is 2.96. The molecule has 8 heteroatoms. The predicted octanol–water partition coefficient (Wildman–Crippen LogP) is 2.06. The molecule has 2 rings (SSSR count). The molecule has 0 spiro atoms. The van der Waals surface area contributed by atoms with Crippen LogP contribution in [0.2, 0.25) is 0 Å². The number of anilines is 1. The minimum Gasteiger partial charge on any atom is -0.464 e. The van der Waals surface area contributed by atoms with Crippen LogP contribution >= 0.6 is 11.3 Å². The average molecular weight is 326 g/mol. The van der Waals surface area contributed by atoms with Gasteiger partial charge < -0.3 is 4.74 Å². The van der Waals surface area contributed by atoms with E-state index in [2.05, 4.69) is 9.72 Å². The summed E-state index contributed by atoms with van der Waals surface area (Å²) in [6, 6.07) is 7.09. The van der Waals surface area contributed by atoms with Crippen molar-refractivity contribution >= 4 is 33.0 Å². The van der Waals surface area contributed by atoms with Crippen molar-refractivity contribution < 1.29 is 17.9 Å². The maximum absolute atomic E-state index is 12.7. The first-order chi connectivity index (χ1) is 9.89. The van der Waals surface area contributed by atoms with Crippen LogP contribution in [-0.2, 0) is 14.8 Å². The molecule has 21 heavy (non-hydrogen) atoms. The first-order valence-electron chi connectivity index (χ1n) is 5.96. The zero-order chi connectivity index (χ0) is 15.6. The van der Waals surface area contributed by atoms with Gasteiger partial charge in [0.2, 0.25) is 0 Å². The number of sulfonamides is 1. The topological polar surface area (TPSA) is 76.6 Å². The van der Waals surface area contributed by atoms with E-state index >= 15 is 0 Å². The number of aromatic nitrogens is 1. The van der Waals surface area contributed by atoms with Crippen LogP contribution in [0.15, 0.2) is 34.0 Å². The Balaban J connectivity index is 2.51. The van der Waals surface area contributed by atoms with Crippen molar-refractivity contribution in [3.8, 4) is 0 Å². The van der Waals surface area contributed by atoms with E-state index in [1.807, 2.05) is 19.1 Å². The number of thiazole rings is 1. The van der Waals surface area contributed by atoms with Gasteiger partial charge in [0.15, 0.2) is 9.90 Å². The van der Waals surface area contributed by atoms with Crippen molar-refractivity contribution in [2.24, 2.45) is 0 Å². The van der Waals surface area contributed by atoms with Crippen LogP contribution in [0.1, 0.15) is 16.1 Å². The Hall–Kier alpha value is -1.93. The van der Waals surface area contributed by atoms with Crippen molar-refractivity contribution in [3.05, 3.63) is 41.0 Å². The molecule has 0 N–H and O–H groups in total. The van der Waals surface area contributed by atoms with Crippen molar-refractivity contribution in [3.63, 3.8) is 0 Å². The quantitative estimate of drug-likeness (QED) is 0.804. The van der Waals surface area contributed by atoms with Gasteiger partial charge >= 0.3 is 5.97 Å². The summed E-state index contributed by atoms with van der Waals surface area (Å²) in [7, 11) is -1.24. The first kappa shape index (κ1) is 15.5. The van der Waals surface area contributed by atoms with Crippen molar-refractivity contribution in [2.75, 3.05) is 18.5 Å². The molecule has 112 valence electrons. The summed E-state index contributed by atoms with van der Waals surface area (Å²) in [5.41, 5.74) is 2.47. The summed E-state index contributed by atoms with van der Waals surface area (Å²) in [6.45, 7) is 1.81. The van der Waals surface area contributed by atoms with Crippen LogP contribution in [0, 0.1) is 6.92 Å². The Morgan fingerprint density at radius 2 is 2.00 bits per heavy atom. The molecule has 1 aromatic heterocycles. The van der Waals surface area contributed by atoms with Crippen molar-refractivity contribution in [1.29, 1.82) is 0 Å². The number of para-hydroxylation sites is 1. The lowest BCUT2D eigenvalue weighted by Gasteiger charge is -2.20. The van der Waals surface area contributed by atoms with E-state index in [0.29, 0.717) is 5.69 Å². The van der Waals surface area contributed by atoms with E-state index in [0.717, 1.165) is 21.2 Å². The first-order valence-corrected chi connectivity index (χ1v) is 8.28. The molecular weight excluding hydrogens is 312 g/mol. The Morgan fingerprint density at radius 3 is 2.62 bits per heavy atom. The maximum atomic E-state index is 12.7. The molecule has 0 unspecified atom stereocenters. The van der Waals surface area contributed by atoms with Crippen LogP contribution in [0.4, 0.5) is 5.69 Å². The van der Waals surface area contributed by atoms with Gasteiger partial charge in [-0.1, -0.05) is 18.2 Å². The molecule has 0 fully saturated rings. The van der Waals surface area contributed by atoms with Crippen molar-refractivity contribution in [1.82, 2.24) is 4.98 Å². The molecule has 1 aromatic carbocycles. The molecule has 0 atom stereocenters. The molecule has 0 bridgehead atoms. The number of methoxy groups -OCH3 is 1. The van der Waals surface area contributed by atoms with Crippen LogP contribution in [-0.4, -0.2) is 33.5 Å². The van der Waals surface area contributed by atoms with E-state index in [4.69, 9.17) is 0 Å². The lowest BCUT2D eigenvalue weighted by Crippen LogP contribution is -2.28. The zero-order valence-electron chi connectivity index (χ0n) is 11.7. The van der Waals surface area contributed by atoms with Gasteiger partial charge in [-0.3, -0.25) is 4.31 Å². The second kappa shape index (κ2) is 5.82. The van der Waals surface area contributed by atoms with Gasteiger partial charge in [0.25, 0.3) is 10.0 Å². The SMILES string of the molecule is COC(=O)c1ncsc1S(=O)(=O)N(C)c1ccccc1C. The lowest BCUT2D eigenvalue weighted by atomic mass is 10.2. The number of hydrogen-bond donors (Lipinski definition) is 0. The number of nitrogens with zero attached hydrogens (tertiary/aromatic N) is 2. The van der Waals surface area contributed by atoms with Gasteiger partial charge in [-0.2, -0.15) is 0 Å². The standard InChI is InChI=1S/C13H14N2O4S2/c1-9-6-4-5-7-10(9)15(2)21(17,18)13-11(12(16)19-3)14-8-20-13/h4-8H,1-3H3. The summed E-state index contributed by atoms with van der Waals surface area (Å²) in [5.74, 6) is -0.770. The highest BCUT2D eigenvalue weighted by Crippen LogP contribution is 2.29. The fraction of sp³-hybridized carbons (Fsp3) is 0.231. The zero-order valence-corrected chi connectivity index (χ0v) is 13.4. The van der Waals surface area contributed by atoms with Gasteiger partial charge in [-0.05, 0) is 18.6 Å². The fourth-order valence-corrected chi connectivity index (χ4v) is 4.37. The Morgan fingerprint density at radius 1 is 1.33 bits per heavy atom. The summed E-state index contributed by atoms with van der Waals surface area (Å²) < 4.78 is 30.9. The molecule has 0 aliphatic rings. The lowest BCUT2D eigenvalue weighted by molar-refractivity contribution is 0.0590. The van der Waals surface area contributed by atoms with E-state index < -0.39 is 16.0 Å². The van der Waals surface area contributed by atoms with E-state index in [1.165, 1.54) is 19.7 Å². The summed E-state index contributed by atoms with van der Waals surface area (Å²) in [6.07, 6.45) is 0. The molecule has 0 aliphatic heterocycles. The second-order valence-electron chi connectivity index (χ2n) is 4.24. The highest BCUT2D eigenvalue weighted by Gasteiger charge is 2.30. The van der Waals surface area contributed by atoms with Gasteiger partial charge in [-0.25, -0.2) is 18.2 Å². The van der Waals surface area contributed by atoms with E-state index in [1.54, 1.807) is 12.1 Å². The van der Waals surface area contributed by atoms with Crippen LogP contribution in [0.25, 0.3) is 0 Å². The summed E-state index contributed by atoms with van der Waals surface area (Å²) in [5, 5.41) is 0. The number of hydrogen-bond acceptors (Lipinski definition) is 6. The number of ether oxygens (including phenoxy) is 1. The molecule has 6 nitrogen and oxygen atoms in total. The highest BCUT2D eigenvalue weighted by molar-refractivity contribution is 7.94. The number of carbonyl (C=O) groups is 1. The normalized spacial score (nSPS) is 11.2. The molecular formula is C13H14N2O4S2. The van der Waals surface area contributed by atoms with E-state index in [-0.39, 0.29) is 9.90 Å². The minimum atomic E-state index is -3.87. The number of benzene rings is 1. The average Bonchev–Trinajstić information content (AvgIpc) is 2.96. The minimum absolute atomic E-state index is 0.125. The predicted molar refractivity (Wildman–Crippen MR) is 80.2 cm³/mol. The highest BCUT2D eigenvalue weighted by atomic mass is 32.2. The second-order valence-corrected chi connectivity index (χ2v) is 7.26. The molecule has 0 aliphatic carbocycles. The van der Waals surface area contributed by atoms with E-state index in [9.17, 15) is 13.2 Å². The molecule has 0 amide bonds. The fourth-order valence-electron chi connectivity index (χ4n) is 1.82. The Bertz CT molecular complexity index is 768. The third kappa shape index (κ3) is 2.77. The monoisotopic (exact) mass is 326 g/mol. The number of esters is 1. The molecule has 0 radical (unpaired) electrons. The Labute approximate surface area is 127 Å². The summed E-state index contributed by atoms with van der Waals surface area (Å²) in [4.78, 5) is 15.4. The molecule has 2 aromatic rings. The number of rotatable bonds is 4. The molecule has 0 saturated heterocycles. The van der Waals surface area contributed by atoms with Crippen molar-refractivity contribution in [2.45, 2.75) is 11.1 Å². The van der Waals surface area contributed by atoms with Crippen LogP contribution in [0.5, 0.6) is 0 Å². The number of carbonyl (C=O) groups excluding carboxylic acids is 1. The van der Waals surface area contributed by atoms with Gasteiger partial charge in [0.05, 0.1) is 18.3 Å². The van der Waals surface area contributed by atoms with Gasteiger partial charge in [-0.15, -0.1) is 11.3 Å². The number of aryl methyl sites for hydroxylation is 1. The van der Waals surface area contributed by atoms with Gasteiger partial charge in [0.1, 0.15) is 0 Å². The van der Waals surface area contributed by atoms with Gasteiger partial charge in [0, 0.05) is 7.05 Å². The maximum Gasteiger partial charge on any atom is 0.358 e. The largest absolute Gasteiger partial charge is 0.464 e. The Kier molecular flexibility index (Phi) is 4.29. The summed E-state index contributed by atoms with van der Waals surface area (Å²) >= 11 is 0.887. The van der Waals surface area contributed by atoms with Crippen LogP contribution < -0.4 is 4.31 Å². The third-order valence-corrected chi connectivity index (χ3v) is 6.08. The molecule has 1 heterocycles. The van der Waals surface area contributed by atoms with Crippen LogP contribution in [0.3, 0.4) is 0 Å². The smallest absolute Gasteiger partial charge is 0.358 e. The molecule has 0 saturated carbocycles.